The number of hydrogen-bond donors (Lipinski definition) is 2. The normalized spacial score (nSPS) is 18.9. The van der Waals surface area contributed by atoms with Crippen LogP contribution in [0.15, 0.2) is 22.7 Å². The van der Waals surface area contributed by atoms with Crippen LogP contribution < -0.4 is 10.6 Å². The average Bonchev–Trinajstić information content (AvgIpc) is 2.77. The van der Waals surface area contributed by atoms with Gasteiger partial charge >= 0.3 is 5.97 Å². The molecule has 1 saturated heterocycles. The van der Waals surface area contributed by atoms with Crippen molar-refractivity contribution in [2.45, 2.75) is 6.42 Å². The van der Waals surface area contributed by atoms with Gasteiger partial charge in [0, 0.05) is 17.6 Å². The number of nitrogens with two attached hydrogens (primary N) is 1. The van der Waals surface area contributed by atoms with Crippen LogP contribution in [-0.2, 0) is 4.79 Å². The molecule has 0 spiro atoms. The van der Waals surface area contributed by atoms with Crippen LogP contribution in [0.1, 0.15) is 16.8 Å². The number of carbonyl (C=O) groups is 2. The smallest absolute Gasteiger partial charge is 0.308 e. The van der Waals surface area contributed by atoms with Gasteiger partial charge in [0.2, 0.25) is 0 Å². The van der Waals surface area contributed by atoms with Crippen molar-refractivity contribution >= 4 is 33.5 Å². The minimum Gasteiger partial charge on any atom is -0.481 e. The highest BCUT2D eigenvalue weighted by atomic mass is 79.9. The van der Waals surface area contributed by atoms with E-state index in [-0.39, 0.29) is 5.92 Å². The highest BCUT2D eigenvalue weighted by Gasteiger charge is 2.30. The summed E-state index contributed by atoms with van der Waals surface area (Å²) < 4.78 is 0.631. The van der Waals surface area contributed by atoms with Gasteiger partial charge in [-0.25, -0.2) is 0 Å². The molecule has 0 aromatic heterocycles. The van der Waals surface area contributed by atoms with E-state index in [0.717, 1.165) is 0 Å². The first-order valence-electron chi connectivity index (χ1n) is 5.56. The molecule has 0 aliphatic carbocycles. The maximum atomic E-state index is 11.5. The summed E-state index contributed by atoms with van der Waals surface area (Å²) in [4.78, 5) is 24.3. The molecule has 1 unspecified atom stereocenters. The summed E-state index contributed by atoms with van der Waals surface area (Å²) in [6.45, 7) is 1.03. The Balaban J connectivity index is 2.32. The Bertz CT molecular complexity index is 504. The van der Waals surface area contributed by atoms with Crippen LogP contribution in [-0.4, -0.2) is 30.1 Å². The van der Waals surface area contributed by atoms with Crippen LogP contribution >= 0.6 is 15.9 Å². The van der Waals surface area contributed by atoms with Crippen molar-refractivity contribution in [3.05, 3.63) is 28.2 Å². The number of anilines is 1. The molecule has 1 heterocycles. The van der Waals surface area contributed by atoms with E-state index in [2.05, 4.69) is 15.9 Å². The molecule has 18 heavy (non-hydrogen) atoms. The second-order valence-corrected chi connectivity index (χ2v) is 5.12. The fraction of sp³-hybridized carbons (Fsp3) is 0.333. The number of carboxylic acids is 1. The van der Waals surface area contributed by atoms with Gasteiger partial charge in [-0.05, 0) is 34.5 Å². The molecule has 5 nitrogen and oxygen atoms in total. The number of hydrogen-bond acceptors (Lipinski definition) is 3. The molecule has 1 aliphatic rings. The predicted molar refractivity (Wildman–Crippen MR) is 70.6 cm³/mol. The third-order valence-electron chi connectivity index (χ3n) is 3.12. The van der Waals surface area contributed by atoms with Gasteiger partial charge in [0.25, 0.3) is 5.91 Å². The molecular weight excluding hydrogens is 300 g/mol. The van der Waals surface area contributed by atoms with Crippen LogP contribution in [0.4, 0.5) is 5.69 Å². The number of amides is 1. The zero-order chi connectivity index (χ0) is 13.3. The number of nitrogens with zero attached hydrogens (tertiary/aromatic N) is 1. The Morgan fingerprint density at radius 2 is 2.17 bits per heavy atom. The Hall–Kier alpha value is -1.56. The van der Waals surface area contributed by atoms with Crippen molar-refractivity contribution in [2.75, 3.05) is 18.0 Å². The zero-order valence-corrected chi connectivity index (χ0v) is 11.2. The number of carboxylic acid groups (broad SMARTS) is 1. The molecule has 6 heteroatoms. The molecule has 1 aromatic carbocycles. The maximum Gasteiger partial charge on any atom is 0.308 e. The topological polar surface area (TPSA) is 83.6 Å². The molecule has 0 bridgehead atoms. The standard InChI is InChI=1S/C12H13BrN2O3/c13-8-2-1-3-9(10(8)11(14)16)15-5-4-7(6-15)12(17)18/h1-3,7H,4-6H2,(H2,14,16)(H,17,18). The van der Waals surface area contributed by atoms with Crippen molar-refractivity contribution in [1.29, 1.82) is 0 Å². The van der Waals surface area contributed by atoms with Crippen molar-refractivity contribution in [3.8, 4) is 0 Å². The predicted octanol–water partition coefficient (Wildman–Crippen LogP) is 1.46. The summed E-state index contributed by atoms with van der Waals surface area (Å²) in [5.41, 5.74) is 6.47. The second kappa shape index (κ2) is 4.97. The second-order valence-electron chi connectivity index (χ2n) is 4.27. The number of halogens is 1. The lowest BCUT2D eigenvalue weighted by Crippen LogP contribution is -2.26. The van der Waals surface area contributed by atoms with E-state index in [9.17, 15) is 9.59 Å². The largest absolute Gasteiger partial charge is 0.481 e. The molecule has 2 rings (SSSR count). The number of rotatable bonds is 3. The number of primary amides is 1. The van der Waals surface area contributed by atoms with Crippen molar-refractivity contribution in [2.24, 2.45) is 11.7 Å². The molecule has 1 aromatic rings. The molecule has 1 atom stereocenters. The van der Waals surface area contributed by atoms with E-state index in [4.69, 9.17) is 10.8 Å². The highest BCUT2D eigenvalue weighted by Crippen LogP contribution is 2.31. The van der Waals surface area contributed by atoms with Gasteiger partial charge in [-0.15, -0.1) is 0 Å². The van der Waals surface area contributed by atoms with E-state index in [1.807, 2.05) is 4.90 Å². The van der Waals surface area contributed by atoms with Crippen LogP contribution in [0.25, 0.3) is 0 Å². The monoisotopic (exact) mass is 312 g/mol. The fourth-order valence-electron chi connectivity index (χ4n) is 2.20. The van der Waals surface area contributed by atoms with Gasteiger partial charge in [0.1, 0.15) is 0 Å². The quantitative estimate of drug-likeness (QED) is 0.885. The van der Waals surface area contributed by atoms with E-state index in [0.29, 0.717) is 35.2 Å². The van der Waals surface area contributed by atoms with Crippen LogP contribution in [0, 0.1) is 5.92 Å². The van der Waals surface area contributed by atoms with E-state index in [1.54, 1.807) is 18.2 Å². The maximum absolute atomic E-state index is 11.5. The lowest BCUT2D eigenvalue weighted by molar-refractivity contribution is -0.140. The van der Waals surface area contributed by atoms with Gasteiger partial charge in [-0.2, -0.15) is 0 Å². The SMILES string of the molecule is NC(=O)c1c(Br)cccc1N1CCC(C(=O)O)C1. The number of benzene rings is 1. The van der Waals surface area contributed by atoms with E-state index < -0.39 is 11.9 Å². The van der Waals surface area contributed by atoms with Crippen LogP contribution in [0.5, 0.6) is 0 Å². The summed E-state index contributed by atoms with van der Waals surface area (Å²) in [7, 11) is 0. The average molecular weight is 313 g/mol. The van der Waals surface area contributed by atoms with Gasteiger partial charge in [-0.1, -0.05) is 6.07 Å². The third kappa shape index (κ3) is 2.33. The minimum absolute atomic E-state index is 0.385. The Morgan fingerprint density at radius 1 is 1.44 bits per heavy atom. The van der Waals surface area contributed by atoms with Crippen LogP contribution in [0.3, 0.4) is 0 Å². The molecular formula is C12H13BrN2O3. The number of carbonyl (C=O) groups excluding carboxylic acids is 1. The first-order chi connectivity index (χ1) is 8.50. The Kier molecular flexibility index (Phi) is 3.56. The molecule has 1 amide bonds. The molecule has 3 N–H and O–H groups in total. The molecule has 96 valence electrons. The highest BCUT2D eigenvalue weighted by molar-refractivity contribution is 9.10. The summed E-state index contributed by atoms with van der Waals surface area (Å²) in [5.74, 6) is -1.70. The first kappa shape index (κ1) is 12.9. The Labute approximate surface area is 113 Å². The van der Waals surface area contributed by atoms with Gasteiger partial charge in [0.15, 0.2) is 0 Å². The molecule has 0 saturated carbocycles. The van der Waals surface area contributed by atoms with Gasteiger partial charge in [0.05, 0.1) is 17.2 Å². The molecule has 1 fully saturated rings. The van der Waals surface area contributed by atoms with E-state index in [1.165, 1.54) is 0 Å². The van der Waals surface area contributed by atoms with Crippen molar-refractivity contribution in [1.82, 2.24) is 0 Å². The fourth-order valence-corrected chi connectivity index (χ4v) is 2.75. The molecule has 1 aliphatic heterocycles. The van der Waals surface area contributed by atoms with Gasteiger partial charge in [-0.3, -0.25) is 9.59 Å². The van der Waals surface area contributed by atoms with E-state index >= 15 is 0 Å². The van der Waals surface area contributed by atoms with Crippen molar-refractivity contribution < 1.29 is 14.7 Å². The zero-order valence-electron chi connectivity index (χ0n) is 9.60. The molecule has 0 radical (unpaired) electrons. The van der Waals surface area contributed by atoms with Gasteiger partial charge < -0.3 is 15.7 Å². The lowest BCUT2D eigenvalue weighted by atomic mass is 10.1. The lowest BCUT2D eigenvalue weighted by Gasteiger charge is -2.21. The summed E-state index contributed by atoms with van der Waals surface area (Å²) in [6.07, 6.45) is 0.583. The first-order valence-corrected chi connectivity index (χ1v) is 6.36. The summed E-state index contributed by atoms with van der Waals surface area (Å²) in [6, 6.07) is 5.34. The number of aliphatic carboxylic acids is 1. The third-order valence-corrected chi connectivity index (χ3v) is 3.78. The van der Waals surface area contributed by atoms with Crippen LogP contribution in [0.2, 0.25) is 0 Å². The van der Waals surface area contributed by atoms with Crippen molar-refractivity contribution in [3.63, 3.8) is 0 Å². The summed E-state index contributed by atoms with van der Waals surface area (Å²) >= 11 is 3.30. The minimum atomic E-state index is -0.798. The Morgan fingerprint density at radius 3 is 2.72 bits per heavy atom. The summed E-state index contributed by atoms with van der Waals surface area (Å²) in [5, 5.41) is 8.98.